The number of esters is 2. The highest BCUT2D eigenvalue weighted by molar-refractivity contribution is 5.72. The van der Waals surface area contributed by atoms with Crippen LogP contribution >= 0.6 is 0 Å². The molecule has 150 valence electrons. The average molecular weight is 384 g/mol. The molecule has 6 heteroatoms. The van der Waals surface area contributed by atoms with E-state index in [0.717, 1.165) is 22.3 Å². The lowest BCUT2D eigenvalue weighted by Crippen LogP contribution is -2.23. The third kappa shape index (κ3) is 7.50. The maximum Gasteiger partial charge on any atom is 0.320 e. The maximum absolute atomic E-state index is 11.7. The van der Waals surface area contributed by atoms with E-state index in [-0.39, 0.29) is 38.2 Å². The highest BCUT2D eigenvalue weighted by Gasteiger charge is 2.08. The second kappa shape index (κ2) is 10.6. The van der Waals surface area contributed by atoms with Crippen molar-refractivity contribution in [3.63, 3.8) is 0 Å². The molecule has 6 nitrogen and oxygen atoms in total. The molecule has 2 aromatic carbocycles. The number of benzene rings is 2. The molecule has 0 heterocycles. The molecule has 0 amide bonds. The normalized spacial score (nSPS) is 10.9. The van der Waals surface area contributed by atoms with Crippen molar-refractivity contribution in [1.29, 1.82) is 0 Å². The molecule has 0 N–H and O–H groups in total. The summed E-state index contributed by atoms with van der Waals surface area (Å²) >= 11 is 0. The number of carbonyl (C=O) groups excluding carboxylic acids is 2. The highest BCUT2D eigenvalue weighted by atomic mass is 16.5. The SMILES string of the molecule is CN(C)CC(=O)OCc1cccc(-c2cccc(COC(=O)CN(C)C)c2)c1. The van der Waals surface area contributed by atoms with E-state index in [1.807, 2.05) is 76.7 Å². The van der Waals surface area contributed by atoms with Crippen molar-refractivity contribution in [3.8, 4) is 11.1 Å². The monoisotopic (exact) mass is 384 g/mol. The molecule has 0 spiro atoms. The number of hydrogen-bond donors (Lipinski definition) is 0. The largest absolute Gasteiger partial charge is 0.460 e. The number of likely N-dealkylation sites (N-methyl/N-ethyl adjacent to an activating group) is 2. The molecule has 2 rings (SSSR count). The summed E-state index contributed by atoms with van der Waals surface area (Å²) in [6.45, 7) is 0.993. The molecule has 2 aromatic rings. The van der Waals surface area contributed by atoms with E-state index in [1.54, 1.807) is 9.80 Å². The Balaban J connectivity index is 2.01. The standard InChI is InChI=1S/C22H28N2O4/c1-23(2)13-21(25)27-15-17-7-5-9-19(11-17)20-10-6-8-18(12-20)16-28-22(26)14-24(3)4/h5-12H,13-16H2,1-4H3. The van der Waals surface area contributed by atoms with Gasteiger partial charge in [-0.3, -0.25) is 19.4 Å². The van der Waals surface area contributed by atoms with E-state index in [9.17, 15) is 9.59 Å². The number of ether oxygens (including phenoxy) is 2. The van der Waals surface area contributed by atoms with Crippen molar-refractivity contribution >= 4 is 11.9 Å². The van der Waals surface area contributed by atoms with Crippen molar-refractivity contribution in [1.82, 2.24) is 9.80 Å². The molecule has 0 atom stereocenters. The van der Waals surface area contributed by atoms with Gasteiger partial charge in [0, 0.05) is 0 Å². The molecule has 0 unspecified atom stereocenters. The molecule has 0 saturated heterocycles. The van der Waals surface area contributed by atoms with Crippen LogP contribution in [0.1, 0.15) is 11.1 Å². The van der Waals surface area contributed by atoms with Gasteiger partial charge >= 0.3 is 11.9 Å². The van der Waals surface area contributed by atoms with Crippen molar-refractivity contribution in [2.24, 2.45) is 0 Å². The quantitative estimate of drug-likeness (QED) is 0.620. The molecular weight excluding hydrogens is 356 g/mol. The molecule has 0 radical (unpaired) electrons. The van der Waals surface area contributed by atoms with Gasteiger partial charge in [-0.2, -0.15) is 0 Å². The molecule has 0 aliphatic rings. The molecule has 0 bridgehead atoms. The summed E-state index contributed by atoms with van der Waals surface area (Å²) in [6, 6.07) is 15.7. The van der Waals surface area contributed by atoms with Gasteiger partial charge < -0.3 is 9.47 Å². The Labute approximate surface area is 166 Å². The van der Waals surface area contributed by atoms with Crippen LogP contribution in [0.5, 0.6) is 0 Å². The average Bonchev–Trinajstić information content (AvgIpc) is 2.64. The Morgan fingerprint density at radius 1 is 0.714 bits per heavy atom. The first kappa shape index (κ1) is 21.6. The van der Waals surface area contributed by atoms with E-state index in [1.165, 1.54) is 0 Å². The number of nitrogens with zero attached hydrogens (tertiary/aromatic N) is 2. The van der Waals surface area contributed by atoms with Crippen molar-refractivity contribution in [3.05, 3.63) is 59.7 Å². The summed E-state index contributed by atoms with van der Waals surface area (Å²) < 4.78 is 10.6. The van der Waals surface area contributed by atoms with Crippen molar-refractivity contribution in [2.75, 3.05) is 41.3 Å². The van der Waals surface area contributed by atoms with Crippen LogP contribution in [0.4, 0.5) is 0 Å². The molecule has 28 heavy (non-hydrogen) atoms. The fourth-order valence-corrected chi connectivity index (χ4v) is 2.62. The lowest BCUT2D eigenvalue weighted by molar-refractivity contribution is -0.146. The summed E-state index contributed by atoms with van der Waals surface area (Å²) in [5.74, 6) is -0.506. The topological polar surface area (TPSA) is 59.1 Å². The Bertz CT molecular complexity index is 735. The van der Waals surface area contributed by atoms with Crippen LogP contribution in [0.25, 0.3) is 11.1 Å². The zero-order valence-electron chi connectivity index (χ0n) is 17.0. The first-order valence-corrected chi connectivity index (χ1v) is 9.12. The van der Waals surface area contributed by atoms with Crippen molar-refractivity contribution in [2.45, 2.75) is 13.2 Å². The highest BCUT2D eigenvalue weighted by Crippen LogP contribution is 2.22. The first-order valence-electron chi connectivity index (χ1n) is 9.12. The van der Waals surface area contributed by atoms with Gasteiger partial charge in [-0.15, -0.1) is 0 Å². The minimum Gasteiger partial charge on any atom is -0.460 e. The summed E-state index contributed by atoms with van der Waals surface area (Å²) in [4.78, 5) is 27.0. The van der Waals surface area contributed by atoms with Gasteiger partial charge in [0.15, 0.2) is 0 Å². The van der Waals surface area contributed by atoms with Gasteiger partial charge in [0.25, 0.3) is 0 Å². The lowest BCUT2D eigenvalue weighted by atomic mass is 10.0. The molecule has 0 fully saturated rings. The van der Waals surface area contributed by atoms with E-state index < -0.39 is 0 Å². The zero-order chi connectivity index (χ0) is 20.5. The predicted molar refractivity (Wildman–Crippen MR) is 109 cm³/mol. The molecule has 0 aromatic heterocycles. The minimum absolute atomic E-state index is 0.238. The molecular formula is C22H28N2O4. The maximum atomic E-state index is 11.7. The Morgan fingerprint density at radius 3 is 1.46 bits per heavy atom. The van der Waals surface area contributed by atoms with E-state index in [0.29, 0.717) is 0 Å². The Morgan fingerprint density at radius 2 is 1.11 bits per heavy atom. The fraction of sp³-hybridized carbons (Fsp3) is 0.364. The van der Waals surface area contributed by atoms with E-state index >= 15 is 0 Å². The van der Waals surface area contributed by atoms with Gasteiger partial charge in [0.1, 0.15) is 13.2 Å². The molecule has 0 aliphatic carbocycles. The Hall–Kier alpha value is -2.70. The number of carbonyl (C=O) groups is 2. The third-order valence-corrected chi connectivity index (χ3v) is 3.88. The summed E-state index contributed by atoms with van der Waals surface area (Å²) in [5, 5.41) is 0. The second-order valence-electron chi connectivity index (χ2n) is 7.20. The predicted octanol–water partition coefficient (Wildman–Crippen LogP) is 2.56. The van der Waals surface area contributed by atoms with Crippen molar-refractivity contribution < 1.29 is 19.1 Å². The van der Waals surface area contributed by atoms with E-state index in [4.69, 9.17) is 9.47 Å². The number of hydrogen-bond acceptors (Lipinski definition) is 6. The Kier molecular flexibility index (Phi) is 8.17. The van der Waals surface area contributed by atoms with Gasteiger partial charge in [-0.25, -0.2) is 0 Å². The zero-order valence-corrected chi connectivity index (χ0v) is 17.0. The number of rotatable bonds is 9. The van der Waals surface area contributed by atoms with Gasteiger partial charge in [-0.1, -0.05) is 36.4 Å². The van der Waals surface area contributed by atoms with Crippen LogP contribution < -0.4 is 0 Å². The van der Waals surface area contributed by atoms with Gasteiger partial charge in [0.2, 0.25) is 0 Å². The minimum atomic E-state index is -0.253. The van der Waals surface area contributed by atoms with Crippen LogP contribution in [0.2, 0.25) is 0 Å². The fourth-order valence-electron chi connectivity index (χ4n) is 2.62. The molecule has 0 saturated carbocycles. The van der Waals surface area contributed by atoms with Gasteiger partial charge in [0.05, 0.1) is 13.1 Å². The molecule has 0 aliphatic heterocycles. The summed E-state index contributed by atoms with van der Waals surface area (Å²) in [7, 11) is 7.30. The van der Waals surface area contributed by atoms with Crippen LogP contribution in [0.3, 0.4) is 0 Å². The van der Waals surface area contributed by atoms with Gasteiger partial charge in [-0.05, 0) is 62.6 Å². The van der Waals surface area contributed by atoms with E-state index in [2.05, 4.69) is 0 Å². The first-order chi connectivity index (χ1) is 13.3. The second-order valence-corrected chi connectivity index (χ2v) is 7.20. The van der Waals surface area contributed by atoms with Crippen LogP contribution in [0.15, 0.2) is 48.5 Å². The summed E-state index contributed by atoms with van der Waals surface area (Å²) in [6.07, 6.45) is 0. The lowest BCUT2D eigenvalue weighted by Gasteiger charge is -2.11. The van der Waals surface area contributed by atoms with Crippen LogP contribution in [0, 0.1) is 0 Å². The van der Waals surface area contributed by atoms with Crippen LogP contribution in [-0.4, -0.2) is 63.0 Å². The smallest absolute Gasteiger partial charge is 0.320 e. The third-order valence-electron chi connectivity index (χ3n) is 3.88. The van der Waals surface area contributed by atoms with Crippen LogP contribution in [-0.2, 0) is 32.3 Å². The summed E-state index contributed by atoms with van der Waals surface area (Å²) in [5.41, 5.74) is 3.88.